The van der Waals surface area contributed by atoms with Gasteiger partial charge < -0.3 is 25.8 Å². The van der Waals surface area contributed by atoms with Gasteiger partial charge in [0.15, 0.2) is 0 Å². The molecule has 3 heterocycles. The van der Waals surface area contributed by atoms with E-state index in [0.29, 0.717) is 38.9 Å². The van der Waals surface area contributed by atoms with Gasteiger partial charge in [-0.15, -0.1) is 0 Å². The quantitative estimate of drug-likeness (QED) is 0.295. The van der Waals surface area contributed by atoms with Crippen LogP contribution in [0, 0.1) is 11.2 Å². The summed E-state index contributed by atoms with van der Waals surface area (Å²) in [5.74, 6) is -2.01. The van der Waals surface area contributed by atoms with Gasteiger partial charge in [0.2, 0.25) is 17.9 Å². The smallest absolute Gasteiger partial charge is 0.429 e. The van der Waals surface area contributed by atoms with Crippen LogP contribution in [0.25, 0.3) is 11.1 Å². The first-order valence-electron chi connectivity index (χ1n) is 12.7. The van der Waals surface area contributed by atoms with Crippen LogP contribution in [0.2, 0.25) is 10.0 Å². The first-order valence-corrected chi connectivity index (χ1v) is 13.4. The van der Waals surface area contributed by atoms with Crippen LogP contribution in [0.1, 0.15) is 30.9 Å². The molecule has 4 N–H and O–H groups in total. The zero-order valence-corrected chi connectivity index (χ0v) is 22.9. The average Bonchev–Trinajstić information content (AvgIpc) is 3.30. The number of rotatable bonds is 6. The van der Waals surface area contributed by atoms with E-state index in [1.807, 2.05) is 4.90 Å². The van der Waals surface area contributed by atoms with E-state index in [0.717, 1.165) is 18.2 Å². The number of nitrogens with two attached hydrogens (primary N) is 1. The maximum Gasteiger partial charge on any atom is 0.429 e. The van der Waals surface area contributed by atoms with Crippen molar-refractivity contribution in [2.75, 3.05) is 30.3 Å². The molecule has 8 nitrogen and oxygen atoms in total. The van der Waals surface area contributed by atoms with Gasteiger partial charge >= 0.3 is 12.1 Å². The second-order valence-electron chi connectivity index (χ2n) is 10.3. The van der Waals surface area contributed by atoms with Crippen LogP contribution in [-0.4, -0.2) is 52.9 Å². The lowest BCUT2D eigenvalue weighted by Gasteiger charge is -2.39. The predicted molar refractivity (Wildman–Crippen MR) is 146 cm³/mol. The second kappa shape index (κ2) is 11.1. The zero-order chi connectivity index (χ0) is 29.5. The summed E-state index contributed by atoms with van der Waals surface area (Å²) < 4.78 is 63.0. The van der Waals surface area contributed by atoms with Crippen molar-refractivity contribution >= 4 is 40.9 Å². The van der Waals surface area contributed by atoms with Gasteiger partial charge in [0.25, 0.3) is 0 Å². The third-order valence-corrected chi connectivity index (χ3v) is 7.97. The van der Waals surface area contributed by atoms with Crippen molar-refractivity contribution in [2.24, 2.45) is 5.41 Å². The molecule has 2 aromatic carbocycles. The minimum atomic E-state index is -4.91. The molecule has 5 rings (SSSR count). The molecule has 1 aromatic heterocycles. The fraction of sp³-hybridized carbons (Fsp3) is 0.370. The SMILES string of the molecule is Nc1nc(O[C@H](c2ccc(Cl)cc2-c2cc(F)cc(Cl)c2)C(F)(F)F)cc(N2CCC3(CC2)CN[C@H](C(=O)O)C3)n1. The number of carboxylic acids is 1. The van der Waals surface area contributed by atoms with E-state index >= 15 is 0 Å². The number of anilines is 2. The van der Waals surface area contributed by atoms with Crippen molar-refractivity contribution in [2.45, 2.75) is 37.6 Å². The van der Waals surface area contributed by atoms with Crippen molar-refractivity contribution < 1.29 is 32.2 Å². The molecule has 0 aliphatic carbocycles. The second-order valence-corrected chi connectivity index (χ2v) is 11.2. The number of piperidine rings is 1. The van der Waals surface area contributed by atoms with Crippen LogP contribution in [0.3, 0.4) is 0 Å². The van der Waals surface area contributed by atoms with Gasteiger partial charge in [-0.05, 0) is 66.1 Å². The van der Waals surface area contributed by atoms with Crippen LogP contribution < -0.4 is 20.7 Å². The highest BCUT2D eigenvalue weighted by Gasteiger charge is 2.46. The van der Waals surface area contributed by atoms with Gasteiger partial charge in [0.05, 0.1) is 0 Å². The molecule has 0 unspecified atom stereocenters. The van der Waals surface area contributed by atoms with Crippen molar-refractivity contribution in [3.8, 4) is 17.0 Å². The third kappa shape index (κ3) is 6.44. The molecular formula is C27H25Cl2F4N5O3. The highest BCUT2D eigenvalue weighted by Crippen LogP contribution is 2.44. The molecule has 3 aromatic rings. The number of nitrogens with one attached hydrogen (secondary N) is 1. The first kappa shape index (κ1) is 29.2. The van der Waals surface area contributed by atoms with Crippen molar-refractivity contribution in [3.05, 3.63) is 63.9 Å². The Bertz CT molecular complexity index is 1450. The van der Waals surface area contributed by atoms with E-state index in [1.165, 1.54) is 24.3 Å². The van der Waals surface area contributed by atoms with Crippen LogP contribution in [0.4, 0.5) is 29.3 Å². The molecule has 14 heteroatoms. The Balaban J connectivity index is 1.43. The Labute approximate surface area is 242 Å². The van der Waals surface area contributed by atoms with Crippen LogP contribution >= 0.6 is 23.2 Å². The minimum Gasteiger partial charge on any atom is -0.480 e. The number of hydrogen-bond acceptors (Lipinski definition) is 7. The summed E-state index contributed by atoms with van der Waals surface area (Å²) in [6, 6.07) is 7.82. The third-order valence-electron chi connectivity index (χ3n) is 7.52. The molecule has 0 saturated carbocycles. The summed E-state index contributed by atoms with van der Waals surface area (Å²) in [7, 11) is 0. The molecule has 2 aliphatic heterocycles. The van der Waals surface area contributed by atoms with E-state index in [2.05, 4.69) is 15.3 Å². The number of carbonyl (C=O) groups is 1. The number of aliphatic carboxylic acids is 1. The zero-order valence-electron chi connectivity index (χ0n) is 21.4. The van der Waals surface area contributed by atoms with Gasteiger partial charge in [0, 0.05) is 41.3 Å². The summed E-state index contributed by atoms with van der Waals surface area (Å²) in [5, 5.41) is 12.5. The number of ether oxygens (including phenoxy) is 1. The molecule has 2 aliphatic rings. The average molecular weight is 614 g/mol. The molecule has 0 amide bonds. The molecule has 218 valence electrons. The van der Waals surface area contributed by atoms with Gasteiger partial charge in [-0.3, -0.25) is 4.79 Å². The summed E-state index contributed by atoms with van der Waals surface area (Å²) in [4.78, 5) is 21.3. The Kier molecular flexibility index (Phi) is 7.92. The number of nitrogen functional groups attached to an aromatic ring is 1. The predicted octanol–water partition coefficient (Wildman–Crippen LogP) is 5.89. The monoisotopic (exact) mass is 613 g/mol. The lowest BCUT2D eigenvalue weighted by Crippen LogP contribution is -2.41. The molecule has 2 fully saturated rings. The number of halogens is 6. The topological polar surface area (TPSA) is 114 Å². The Morgan fingerprint density at radius 3 is 2.49 bits per heavy atom. The number of benzene rings is 2. The van der Waals surface area contributed by atoms with Gasteiger partial charge in [-0.2, -0.15) is 23.1 Å². The number of hydrogen-bond donors (Lipinski definition) is 3. The molecule has 1 spiro atoms. The van der Waals surface area contributed by atoms with E-state index in [-0.39, 0.29) is 43.9 Å². The van der Waals surface area contributed by atoms with Crippen LogP contribution in [0.5, 0.6) is 5.88 Å². The molecular weight excluding hydrogens is 589 g/mol. The first-order chi connectivity index (χ1) is 19.3. The van der Waals surface area contributed by atoms with Gasteiger partial charge in [-0.25, -0.2) is 4.39 Å². The molecule has 0 bridgehead atoms. The van der Waals surface area contributed by atoms with Crippen LogP contribution in [0.15, 0.2) is 42.5 Å². The largest absolute Gasteiger partial charge is 0.480 e. The Morgan fingerprint density at radius 1 is 1.12 bits per heavy atom. The van der Waals surface area contributed by atoms with Gasteiger partial charge in [-0.1, -0.05) is 29.3 Å². The van der Waals surface area contributed by atoms with E-state index in [4.69, 9.17) is 33.7 Å². The number of aromatic nitrogens is 2. The fourth-order valence-electron chi connectivity index (χ4n) is 5.48. The minimum absolute atomic E-state index is 0.00111. The van der Waals surface area contributed by atoms with Crippen molar-refractivity contribution in [1.29, 1.82) is 0 Å². The van der Waals surface area contributed by atoms with Crippen molar-refractivity contribution in [1.82, 2.24) is 15.3 Å². The Hall–Kier alpha value is -3.35. The lowest BCUT2D eigenvalue weighted by molar-refractivity contribution is -0.198. The van der Waals surface area contributed by atoms with E-state index in [1.54, 1.807) is 0 Å². The molecule has 2 atom stereocenters. The fourth-order valence-corrected chi connectivity index (χ4v) is 5.87. The lowest BCUT2D eigenvalue weighted by atomic mass is 9.76. The summed E-state index contributed by atoms with van der Waals surface area (Å²) in [6.45, 7) is 1.56. The molecule has 0 radical (unpaired) electrons. The standard InChI is InChI=1S/C27H25Cl2F4N5O3/c28-15-1-2-18(19(10-15)14-7-16(29)9-17(30)8-14)23(27(31,32)33)41-22-11-21(36-25(34)37-22)38-5-3-26(4-6-38)12-20(24(39)40)35-13-26/h1-2,7-11,20,23,35H,3-6,12-13H2,(H,39,40)(H2,34,36,37)/t20-,23+/m0/s1. The normalized spacial score (nSPS) is 19.4. The molecule has 2 saturated heterocycles. The molecule has 41 heavy (non-hydrogen) atoms. The maximum absolute atomic E-state index is 14.5. The van der Waals surface area contributed by atoms with E-state index in [9.17, 15) is 27.5 Å². The van der Waals surface area contributed by atoms with E-state index < -0.39 is 36.0 Å². The highest BCUT2D eigenvalue weighted by atomic mass is 35.5. The Morgan fingerprint density at radius 2 is 1.85 bits per heavy atom. The summed E-state index contributed by atoms with van der Waals surface area (Å²) in [5.41, 5.74) is 5.43. The summed E-state index contributed by atoms with van der Waals surface area (Å²) in [6.07, 6.45) is -5.59. The number of carboxylic acid groups (broad SMARTS) is 1. The number of nitrogens with zero attached hydrogens (tertiary/aromatic N) is 3. The number of alkyl halides is 3. The van der Waals surface area contributed by atoms with Gasteiger partial charge in [0.1, 0.15) is 17.7 Å². The summed E-state index contributed by atoms with van der Waals surface area (Å²) >= 11 is 12.1. The van der Waals surface area contributed by atoms with Crippen molar-refractivity contribution in [3.63, 3.8) is 0 Å². The van der Waals surface area contributed by atoms with Crippen LogP contribution in [-0.2, 0) is 4.79 Å². The maximum atomic E-state index is 14.5. The highest BCUT2D eigenvalue weighted by molar-refractivity contribution is 6.31.